The lowest BCUT2D eigenvalue weighted by Crippen LogP contribution is -2.26. The molecule has 7 nitrogen and oxygen atoms in total. The van der Waals surface area contributed by atoms with E-state index in [0.29, 0.717) is 5.96 Å². The lowest BCUT2D eigenvalue weighted by Gasteiger charge is -2.11. The molecule has 1 aliphatic heterocycles. The second kappa shape index (κ2) is 4.40. The Morgan fingerprint density at radius 1 is 1.23 bits per heavy atom. The number of guanidine groups is 1. The van der Waals surface area contributed by atoms with Gasteiger partial charge in [-0.3, -0.25) is 14.5 Å². The van der Waals surface area contributed by atoms with Gasteiger partial charge in [0.05, 0.1) is 0 Å². The van der Waals surface area contributed by atoms with Crippen molar-refractivity contribution < 1.29 is 17.5 Å². The van der Waals surface area contributed by atoms with Gasteiger partial charge in [-0.15, -0.1) is 0 Å². The maximum absolute atomic E-state index is 8.74. The average Bonchev–Trinajstić information content (AvgIpc) is 2.16. The summed E-state index contributed by atoms with van der Waals surface area (Å²) in [6.07, 6.45) is 0. The van der Waals surface area contributed by atoms with Crippen LogP contribution < -0.4 is 0 Å². The van der Waals surface area contributed by atoms with Crippen LogP contribution >= 0.6 is 0 Å². The van der Waals surface area contributed by atoms with E-state index in [2.05, 4.69) is 0 Å². The summed E-state index contributed by atoms with van der Waals surface area (Å²) in [5.74, 6) is 0.630. The zero-order valence-electron chi connectivity index (χ0n) is 7.43. The van der Waals surface area contributed by atoms with E-state index >= 15 is 0 Å². The van der Waals surface area contributed by atoms with Crippen molar-refractivity contribution in [1.29, 1.82) is 5.41 Å². The van der Waals surface area contributed by atoms with E-state index in [9.17, 15) is 0 Å². The quantitative estimate of drug-likeness (QED) is 0.450. The number of nitrogens with one attached hydrogen (secondary N) is 1. The molecule has 0 saturated carbocycles. The Kier molecular flexibility index (Phi) is 4.11. The topological polar surface area (TPSA) is 105 Å². The number of hydrogen-bond acceptors (Lipinski definition) is 3. The Morgan fingerprint density at radius 3 is 1.54 bits per heavy atom. The van der Waals surface area contributed by atoms with Gasteiger partial charge in [-0.1, -0.05) is 0 Å². The molecule has 0 spiro atoms. The monoisotopic (exact) mass is 211 g/mol. The smallest absolute Gasteiger partial charge is 0.344 e. The molecule has 1 heterocycles. The van der Waals surface area contributed by atoms with Crippen LogP contribution in [0.1, 0.15) is 0 Å². The van der Waals surface area contributed by atoms with Crippen LogP contribution in [0.5, 0.6) is 0 Å². The highest BCUT2D eigenvalue weighted by Crippen LogP contribution is 1.99. The first-order chi connectivity index (χ1) is 5.72. The Morgan fingerprint density at radius 2 is 1.46 bits per heavy atom. The fraction of sp³-hybridized carbons (Fsp3) is 0.800. The number of nitrogens with zero attached hydrogens (tertiary/aromatic N) is 2. The lowest BCUT2D eigenvalue weighted by atomic mass is 10.6. The zero-order valence-corrected chi connectivity index (χ0v) is 8.24. The van der Waals surface area contributed by atoms with Gasteiger partial charge in [0.2, 0.25) is 0 Å². The van der Waals surface area contributed by atoms with E-state index in [-0.39, 0.29) is 0 Å². The van der Waals surface area contributed by atoms with Crippen LogP contribution in [-0.2, 0) is 10.4 Å². The summed E-state index contributed by atoms with van der Waals surface area (Å²) in [5, 5.41) is 7.31. The van der Waals surface area contributed by atoms with Gasteiger partial charge in [-0.05, 0) is 0 Å². The number of hydrogen-bond donors (Lipinski definition) is 3. The van der Waals surface area contributed by atoms with Crippen LogP contribution in [0.4, 0.5) is 0 Å². The van der Waals surface area contributed by atoms with Gasteiger partial charge in [-0.2, -0.15) is 8.42 Å². The largest absolute Gasteiger partial charge is 0.394 e. The summed E-state index contributed by atoms with van der Waals surface area (Å²) >= 11 is 0. The van der Waals surface area contributed by atoms with Crippen molar-refractivity contribution in [2.24, 2.45) is 0 Å². The van der Waals surface area contributed by atoms with Crippen LogP contribution in [0.25, 0.3) is 0 Å². The minimum absolute atomic E-state index is 0.630. The Balaban J connectivity index is 0.000000252. The summed E-state index contributed by atoms with van der Waals surface area (Å²) < 4.78 is 31.6. The second-order valence-electron chi connectivity index (χ2n) is 2.61. The molecule has 0 radical (unpaired) electrons. The molecular weight excluding hydrogens is 198 g/mol. The molecule has 1 saturated heterocycles. The normalized spacial score (nSPS) is 17.1. The highest BCUT2D eigenvalue weighted by atomic mass is 32.3. The first-order valence-electron chi connectivity index (χ1n) is 3.42. The van der Waals surface area contributed by atoms with Crippen molar-refractivity contribution in [2.75, 3.05) is 27.2 Å². The molecule has 78 valence electrons. The van der Waals surface area contributed by atoms with Gasteiger partial charge in [0, 0.05) is 27.2 Å². The van der Waals surface area contributed by atoms with E-state index in [0.717, 1.165) is 13.1 Å². The molecule has 0 aromatic carbocycles. The van der Waals surface area contributed by atoms with Crippen molar-refractivity contribution in [2.45, 2.75) is 0 Å². The van der Waals surface area contributed by atoms with E-state index in [4.69, 9.17) is 22.9 Å². The molecule has 13 heavy (non-hydrogen) atoms. The third-order valence-corrected chi connectivity index (χ3v) is 1.49. The molecule has 0 atom stereocenters. The first kappa shape index (κ1) is 12.1. The SMILES string of the molecule is CN1CCN(C)C1=N.O=S(=O)(O)O. The molecule has 0 aromatic heterocycles. The predicted molar refractivity (Wildman–Crippen MR) is 47.2 cm³/mol. The van der Waals surface area contributed by atoms with Gasteiger partial charge in [0.25, 0.3) is 0 Å². The molecule has 0 unspecified atom stereocenters. The molecule has 1 rings (SSSR count). The highest BCUT2D eigenvalue weighted by Gasteiger charge is 2.16. The van der Waals surface area contributed by atoms with Crippen LogP contribution in [0.15, 0.2) is 0 Å². The Labute approximate surface area is 77.0 Å². The van der Waals surface area contributed by atoms with E-state index in [1.54, 1.807) is 0 Å². The highest BCUT2D eigenvalue weighted by molar-refractivity contribution is 7.79. The van der Waals surface area contributed by atoms with Gasteiger partial charge >= 0.3 is 10.4 Å². The fourth-order valence-corrected chi connectivity index (χ4v) is 0.803. The molecule has 0 amide bonds. The minimum atomic E-state index is -4.67. The third kappa shape index (κ3) is 6.31. The van der Waals surface area contributed by atoms with Crippen molar-refractivity contribution in [3.8, 4) is 0 Å². The summed E-state index contributed by atoms with van der Waals surface area (Å²) in [5.41, 5.74) is 0. The van der Waals surface area contributed by atoms with E-state index in [1.165, 1.54) is 0 Å². The van der Waals surface area contributed by atoms with Gasteiger partial charge in [0.15, 0.2) is 5.96 Å². The number of likely N-dealkylation sites (N-methyl/N-ethyl adjacent to an activating group) is 2. The van der Waals surface area contributed by atoms with Gasteiger partial charge in [-0.25, -0.2) is 0 Å². The van der Waals surface area contributed by atoms with Crippen LogP contribution in [0, 0.1) is 5.41 Å². The molecule has 0 aliphatic carbocycles. The lowest BCUT2D eigenvalue weighted by molar-refractivity contribution is 0.381. The summed E-state index contributed by atoms with van der Waals surface area (Å²) in [4.78, 5) is 3.86. The Hall–Kier alpha value is -0.860. The average molecular weight is 211 g/mol. The molecule has 3 N–H and O–H groups in total. The first-order valence-corrected chi connectivity index (χ1v) is 4.82. The summed E-state index contributed by atoms with van der Waals surface area (Å²) in [7, 11) is -0.794. The molecule has 8 heteroatoms. The fourth-order valence-electron chi connectivity index (χ4n) is 0.803. The number of rotatable bonds is 0. The van der Waals surface area contributed by atoms with Crippen LogP contribution in [-0.4, -0.2) is 60.5 Å². The summed E-state index contributed by atoms with van der Waals surface area (Å²) in [6.45, 7) is 1.99. The predicted octanol–water partition coefficient (Wildman–Crippen LogP) is -0.854. The van der Waals surface area contributed by atoms with Crippen molar-refractivity contribution in [3.05, 3.63) is 0 Å². The molecular formula is C5H13N3O4S. The van der Waals surface area contributed by atoms with E-state index in [1.807, 2.05) is 23.9 Å². The molecule has 0 aromatic rings. The van der Waals surface area contributed by atoms with Gasteiger partial charge < -0.3 is 9.80 Å². The summed E-state index contributed by atoms with van der Waals surface area (Å²) in [6, 6.07) is 0. The maximum atomic E-state index is 8.74. The van der Waals surface area contributed by atoms with Crippen LogP contribution in [0.2, 0.25) is 0 Å². The minimum Gasteiger partial charge on any atom is -0.344 e. The van der Waals surface area contributed by atoms with Crippen molar-refractivity contribution in [3.63, 3.8) is 0 Å². The Bertz CT molecular complexity index is 256. The standard InChI is InChI=1S/C5H11N3.H2O4S/c1-7-3-4-8(2)5(7)6;1-5(2,3)4/h6H,3-4H2,1-2H3;(H2,1,2,3,4). The zero-order chi connectivity index (χ0) is 10.6. The molecule has 1 aliphatic rings. The van der Waals surface area contributed by atoms with Crippen molar-refractivity contribution >= 4 is 16.4 Å². The third-order valence-electron chi connectivity index (χ3n) is 1.49. The van der Waals surface area contributed by atoms with Crippen molar-refractivity contribution in [1.82, 2.24) is 9.80 Å². The van der Waals surface area contributed by atoms with E-state index < -0.39 is 10.4 Å². The molecule has 1 fully saturated rings. The van der Waals surface area contributed by atoms with Crippen LogP contribution in [0.3, 0.4) is 0 Å². The van der Waals surface area contributed by atoms with Gasteiger partial charge in [0.1, 0.15) is 0 Å². The molecule has 0 bridgehead atoms. The second-order valence-corrected chi connectivity index (χ2v) is 3.51. The maximum Gasteiger partial charge on any atom is 0.394 e.